The lowest BCUT2D eigenvalue weighted by molar-refractivity contribution is 0.254. The van der Waals surface area contributed by atoms with Gasteiger partial charge in [-0.1, -0.05) is 37.1 Å². The van der Waals surface area contributed by atoms with Crippen molar-refractivity contribution in [1.29, 1.82) is 0 Å². The number of benzene rings is 1. The maximum atomic E-state index is 2.54. The summed E-state index contributed by atoms with van der Waals surface area (Å²) in [5, 5.41) is 5.06. The molecule has 1 aliphatic heterocycles. The minimum Gasteiger partial charge on any atom is -0.322 e. The second kappa shape index (κ2) is 8.31. The fraction of sp³-hybridized carbons (Fsp3) is 0.407. The lowest BCUT2D eigenvalue weighted by Gasteiger charge is -2.40. The smallest absolute Gasteiger partial charge is 0.0634 e. The second-order valence-electron chi connectivity index (χ2n) is 8.88. The number of aromatic nitrogens is 1. The van der Waals surface area contributed by atoms with Gasteiger partial charge in [-0.05, 0) is 75.4 Å². The standard InChI is InChI=1S/C27H35N3/c1-7-11-29(12-8-2)30-18-20(4)17-24-25(30)10-14-28-13-9-23(27(24)28)26-21(5)15-19(3)16-22(26)6/h9-10,13-17H,7-8,11-12,18H2,1-6H3. The molecule has 0 aliphatic carbocycles. The molecule has 0 fully saturated rings. The molecule has 0 radical (unpaired) electrons. The summed E-state index contributed by atoms with van der Waals surface area (Å²) in [6.45, 7) is 16.6. The summed E-state index contributed by atoms with van der Waals surface area (Å²) in [5.74, 6) is 0. The fourth-order valence-electron chi connectivity index (χ4n) is 5.13. The number of hydrazine groups is 1. The van der Waals surface area contributed by atoms with Gasteiger partial charge in [0, 0.05) is 36.6 Å². The van der Waals surface area contributed by atoms with Gasteiger partial charge in [0.2, 0.25) is 0 Å². The average molecular weight is 402 g/mol. The number of hydrogen-bond donors (Lipinski definition) is 0. The zero-order valence-corrected chi connectivity index (χ0v) is 19.4. The molecule has 0 saturated heterocycles. The van der Waals surface area contributed by atoms with E-state index in [0.717, 1.165) is 32.5 Å². The SMILES string of the molecule is CCCN(CCC)N1CC(C)=Cc2c1ccn1ccc(-c3c(C)cc(C)cc3C)c21. The topological polar surface area (TPSA) is 10.9 Å². The maximum Gasteiger partial charge on any atom is 0.0634 e. The molecule has 4 rings (SSSR count). The largest absolute Gasteiger partial charge is 0.322 e. The summed E-state index contributed by atoms with van der Waals surface area (Å²) in [6.07, 6.45) is 9.17. The van der Waals surface area contributed by atoms with Crippen molar-refractivity contribution in [2.45, 2.75) is 54.4 Å². The minimum atomic E-state index is 0.974. The third-order valence-electron chi connectivity index (χ3n) is 6.16. The summed E-state index contributed by atoms with van der Waals surface area (Å²) < 4.78 is 2.30. The van der Waals surface area contributed by atoms with Crippen molar-refractivity contribution in [3.8, 4) is 11.1 Å². The maximum absolute atomic E-state index is 2.54. The molecular formula is C27H35N3. The van der Waals surface area contributed by atoms with Crippen molar-refractivity contribution in [2.75, 3.05) is 24.6 Å². The monoisotopic (exact) mass is 401 g/mol. The van der Waals surface area contributed by atoms with Crippen LogP contribution in [0.4, 0.5) is 5.69 Å². The highest BCUT2D eigenvalue weighted by Crippen LogP contribution is 2.40. The van der Waals surface area contributed by atoms with Crippen LogP contribution in [0.15, 0.2) is 42.2 Å². The van der Waals surface area contributed by atoms with Gasteiger partial charge in [0.15, 0.2) is 0 Å². The number of pyridine rings is 1. The van der Waals surface area contributed by atoms with Gasteiger partial charge in [0.1, 0.15) is 0 Å². The van der Waals surface area contributed by atoms with Crippen molar-refractivity contribution < 1.29 is 0 Å². The quantitative estimate of drug-likeness (QED) is 0.450. The van der Waals surface area contributed by atoms with Gasteiger partial charge in [-0.25, -0.2) is 5.01 Å². The molecule has 158 valence electrons. The van der Waals surface area contributed by atoms with Crippen LogP contribution >= 0.6 is 0 Å². The van der Waals surface area contributed by atoms with Crippen molar-refractivity contribution in [1.82, 2.24) is 9.41 Å². The Kier molecular flexibility index (Phi) is 5.75. The van der Waals surface area contributed by atoms with Gasteiger partial charge in [-0.2, -0.15) is 0 Å². The molecule has 0 saturated carbocycles. The number of rotatable bonds is 6. The normalized spacial score (nSPS) is 13.8. The Hall–Kier alpha value is -2.52. The summed E-state index contributed by atoms with van der Waals surface area (Å²) in [7, 11) is 0. The Morgan fingerprint density at radius 3 is 2.17 bits per heavy atom. The van der Waals surface area contributed by atoms with Gasteiger partial charge < -0.3 is 9.41 Å². The summed E-state index contributed by atoms with van der Waals surface area (Å²) in [6, 6.07) is 9.19. The van der Waals surface area contributed by atoms with Crippen molar-refractivity contribution >= 4 is 17.3 Å². The van der Waals surface area contributed by atoms with E-state index in [0.29, 0.717) is 0 Å². The molecule has 0 atom stereocenters. The molecule has 3 heteroatoms. The van der Waals surface area contributed by atoms with Crippen LogP contribution in [0, 0.1) is 20.8 Å². The molecule has 0 unspecified atom stereocenters. The minimum absolute atomic E-state index is 0.974. The fourth-order valence-corrected chi connectivity index (χ4v) is 5.13. The van der Waals surface area contributed by atoms with Crippen LogP contribution in [0.25, 0.3) is 22.7 Å². The Morgan fingerprint density at radius 2 is 1.53 bits per heavy atom. The van der Waals surface area contributed by atoms with Gasteiger partial charge in [-0.15, -0.1) is 0 Å². The molecule has 30 heavy (non-hydrogen) atoms. The molecular weight excluding hydrogens is 366 g/mol. The highest BCUT2D eigenvalue weighted by molar-refractivity contribution is 5.95. The lowest BCUT2D eigenvalue weighted by Crippen LogP contribution is -2.46. The summed E-state index contributed by atoms with van der Waals surface area (Å²) >= 11 is 0. The van der Waals surface area contributed by atoms with Crippen molar-refractivity contribution in [3.63, 3.8) is 0 Å². The van der Waals surface area contributed by atoms with Crippen LogP contribution in [0.3, 0.4) is 0 Å². The van der Waals surface area contributed by atoms with E-state index in [1.807, 2.05) is 0 Å². The molecule has 0 spiro atoms. The Morgan fingerprint density at radius 1 is 0.900 bits per heavy atom. The van der Waals surface area contributed by atoms with E-state index in [9.17, 15) is 0 Å². The Balaban J connectivity index is 1.94. The van der Waals surface area contributed by atoms with Crippen molar-refractivity contribution in [3.05, 3.63) is 64.5 Å². The molecule has 1 aromatic carbocycles. The number of nitrogens with zero attached hydrogens (tertiary/aromatic N) is 3. The summed E-state index contributed by atoms with van der Waals surface area (Å²) in [5.41, 5.74) is 12.2. The van der Waals surface area contributed by atoms with Crippen molar-refractivity contribution in [2.24, 2.45) is 0 Å². The first-order valence-corrected chi connectivity index (χ1v) is 11.4. The van der Waals surface area contributed by atoms with Crippen LogP contribution in [-0.4, -0.2) is 29.0 Å². The zero-order chi connectivity index (χ0) is 21.4. The van der Waals surface area contributed by atoms with Gasteiger partial charge in [0.05, 0.1) is 17.7 Å². The van der Waals surface area contributed by atoms with Crippen LogP contribution in [0.1, 0.15) is 55.9 Å². The number of fused-ring (bicyclic) bond motifs is 3. The first-order chi connectivity index (χ1) is 14.4. The van der Waals surface area contributed by atoms with E-state index in [2.05, 4.69) is 98.7 Å². The van der Waals surface area contributed by atoms with Crippen LogP contribution in [0.5, 0.6) is 0 Å². The molecule has 0 N–H and O–H groups in total. The highest BCUT2D eigenvalue weighted by atomic mass is 15.6. The van der Waals surface area contributed by atoms with E-state index >= 15 is 0 Å². The van der Waals surface area contributed by atoms with Gasteiger partial charge in [-0.3, -0.25) is 0 Å². The molecule has 3 nitrogen and oxygen atoms in total. The number of aryl methyl sites for hydroxylation is 3. The third kappa shape index (κ3) is 3.56. The van der Waals surface area contributed by atoms with Gasteiger partial charge in [0.25, 0.3) is 0 Å². The predicted octanol–water partition coefficient (Wildman–Crippen LogP) is 6.79. The zero-order valence-electron chi connectivity index (χ0n) is 19.4. The first-order valence-electron chi connectivity index (χ1n) is 11.4. The van der Waals surface area contributed by atoms with E-state index in [1.54, 1.807) is 0 Å². The van der Waals surface area contributed by atoms with Crippen LogP contribution < -0.4 is 5.01 Å². The highest BCUT2D eigenvalue weighted by Gasteiger charge is 2.25. The van der Waals surface area contributed by atoms with Crippen LogP contribution in [-0.2, 0) is 0 Å². The molecule has 1 aliphatic rings. The predicted molar refractivity (Wildman–Crippen MR) is 130 cm³/mol. The number of anilines is 1. The molecule has 0 bridgehead atoms. The number of hydrogen-bond acceptors (Lipinski definition) is 2. The molecule has 3 aromatic rings. The van der Waals surface area contributed by atoms with E-state index in [4.69, 9.17) is 0 Å². The van der Waals surface area contributed by atoms with Crippen LogP contribution in [0.2, 0.25) is 0 Å². The lowest BCUT2D eigenvalue weighted by atomic mass is 9.92. The van der Waals surface area contributed by atoms with E-state index in [-0.39, 0.29) is 0 Å². The molecule has 3 heterocycles. The first kappa shape index (κ1) is 20.7. The van der Waals surface area contributed by atoms with E-state index < -0.39 is 0 Å². The van der Waals surface area contributed by atoms with E-state index in [1.165, 1.54) is 50.2 Å². The second-order valence-corrected chi connectivity index (χ2v) is 8.88. The Labute approximate surface area is 181 Å². The Bertz CT molecular complexity index is 1070. The molecule has 2 aromatic heterocycles. The van der Waals surface area contributed by atoms with Gasteiger partial charge >= 0.3 is 0 Å². The average Bonchev–Trinajstić information content (AvgIpc) is 3.11. The summed E-state index contributed by atoms with van der Waals surface area (Å²) in [4.78, 5) is 0. The molecule has 0 amide bonds. The third-order valence-corrected chi connectivity index (χ3v) is 6.16.